The fraction of sp³-hybridized carbons (Fsp3) is 1.00. The highest BCUT2D eigenvalue weighted by Crippen LogP contribution is 2.26. The highest BCUT2D eigenvalue weighted by molar-refractivity contribution is 4.87. The first-order valence-electron chi connectivity index (χ1n) is 6.64. The summed E-state index contributed by atoms with van der Waals surface area (Å²) in [6.45, 7) is 7.93. The Balaban J connectivity index is 2.53. The smallest absolute Gasteiger partial charge is 0.0695 e. The molecule has 0 bridgehead atoms. The number of aliphatic hydroxyl groups is 1. The molecule has 0 spiro atoms. The summed E-state index contributed by atoms with van der Waals surface area (Å²) in [5, 5.41) is 9.96. The lowest BCUT2D eigenvalue weighted by Crippen LogP contribution is -2.45. The average molecular weight is 213 g/mol. The normalized spacial score (nSPS) is 28.6. The molecule has 1 aliphatic carbocycles. The van der Waals surface area contributed by atoms with Gasteiger partial charge >= 0.3 is 0 Å². The van der Waals surface area contributed by atoms with Gasteiger partial charge in [-0.25, -0.2) is 0 Å². The van der Waals surface area contributed by atoms with Gasteiger partial charge in [-0.2, -0.15) is 0 Å². The quantitative estimate of drug-likeness (QED) is 0.733. The summed E-state index contributed by atoms with van der Waals surface area (Å²) in [5.74, 6) is 0. The first kappa shape index (κ1) is 13.0. The van der Waals surface area contributed by atoms with Crippen molar-refractivity contribution in [1.82, 2.24) is 4.90 Å². The van der Waals surface area contributed by atoms with E-state index in [2.05, 4.69) is 25.7 Å². The molecule has 0 aliphatic heterocycles. The Kier molecular flexibility index (Phi) is 5.62. The summed E-state index contributed by atoms with van der Waals surface area (Å²) in [7, 11) is 0. The van der Waals surface area contributed by atoms with Gasteiger partial charge in [0.1, 0.15) is 0 Å². The van der Waals surface area contributed by atoms with Gasteiger partial charge in [-0.1, -0.05) is 20.3 Å². The van der Waals surface area contributed by atoms with Gasteiger partial charge in [0.2, 0.25) is 0 Å². The van der Waals surface area contributed by atoms with E-state index in [9.17, 15) is 5.11 Å². The van der Waals surface area contributed by atoms with E-state index in [1.165, 1.54) is 32.1 Å². The second-order valence-electron chi connectivity index (χ2n) is 4.91. The molecule has 2 nitrogen and oxygen atoms in total. The number of nitrogens with zero attached hydrogens (tertiary/aromatic N) is 1. The third-order valence-electron chi connectivity index (χ3n) is 3.80. The minimum absolute atomic E-state index is 0.0733. The van der Waals surface area contributed by atoms with E-state index in [-0.39, 0.29) is 6.10 Å². The summed E-state index contributed by atoms with van der Waals surface area (Å²) in [4.78, 5) is 2.54. The summed E-state index contributed by atoms with van der Waals surface area (Å²) in [6.07, 6.45) is 7.01. The summed E-state index contributed by atoms with van der Waals surface area (Å²) >= 11 is 0. The van der Waals surface area contributed by atoms with E-state index in [1.54, 1.807) is 0 Å². The molecule has 1 saturated carbocycles. The molecular formula is C13H27NO. The topological polar surface area (TPSA) is 23.5 Å². The molecule has 1 fully saturated rings. The van der Waals surface area contributed by atoms with Crippen LogP contribution in [0.15, 0.2) is 0 Å². The second kappa shape index (κ2) is 6.49. The molecular weight excluding hydrogens is 186 g/mol. The van der Waals surface area contributed by atoms with Crippen LogP contribution >= 0.6 is 0 Å². The zero-order valence-electron chi connectivity index (χ0n) is 10.6. The van der Waals surface area contributed by atoms with Crippen molar-refractivity contribution >= 4 is 0 Å². The van der Waals surface area contributed by atoms with Crippen LogP contribution in [0.5, 0.6) is 0 Å². The lowest BCUT2D eigenvalue weighted by Gasteiger charge is -2.35. The Morgan fingerprint density at radius 2 is 2.07 bits per heavy atom. The molecule has 0 aromatic carbocycles. The molecule has 1 unspecified atom stereocenters. The number of unbranched alkanes of at least 4 members (excludes halogenated alkanes) is 1. The lowest BCUT2D eigenvalue weighted by atomic mass is 10.1. The summed E-state index contributed by atoms with van der Waals surface area (Å²) < 4.78 is 0. The van der Waals surface area contributed by atoms with E-state index < -0.39 is 0 Å². The molecule has 0 aromatic heterocycles. The minimum Gasteiger partial charge on any atom is -0.391 e. The van der Waals surface area contributed by atoms with E-state index >= 15 is 0 Å². The molecule has 0 heterocycles. The van der Waals surface area contributed by atoms with Gasteiger partial charge in [-0.3, -0.25) is 4.90 Å². The lowest BCUT2D eigenvalue weighted by molar-refractivity contribution is 0.0452. The number of hydrogen-bond donors (Lipinski definition) is 1. The molecule has 0 radical (unpaired) electrons. The maximum Gasteiger partial charge on any atom is 0.0695 e. The Labute approximate surface area is 94.7 Å². The molecule has 1 rings (SSSR count). The van der Waals surface area contributed by atoms with Crippen molar-refractivity contribution in [3.05, 3.63) is 0 Å². The molecule has 90 valence electrons. The van der Waals surface area contributed by atoms with Crippen LogP contribution in [0.3, 0.4) is 0 Å². The van der Waals surface area contributed by atoms with Crippen molar-refractivity contribution in [2.75, 3.05) is 6.54 Å². The predicted molar refractivity (Wildman–Crippen MR) is 65.0 cm³/mol. The van der Waals surface area contributed by atoms with Gasteiger partial charge in [0.15, 0.2) is 0 Å². The van der Waals surface area contributed by atoms with Crippen LogP contribution in [0, 0.1) is 0 Å². The molecule has 15 heavy (non-hydrogen) atoms. The van der Waals surface area contributed by atoms with E-state index in [0.717, 1.165) is 13.0 Å². The highest BCUT2D eigenvalue weighted by Gasteiger charge is 2.32. The monoisotopic (exact) mass is 213 g/mol. The molecule has 0 saturated heterocycles. The Morgan fingerprint density at radius 1 is 1.33 bits per heavy atom. The Bertz CT molecular complexity index is 172. The van der Waals surface area contributed by atoms with E-state index in [0.29, 0.717) is 12.1 Å². The van der Waals surface area contributed by atoms with Crippen molar-refractivity contribution in [3.8, 4) is 0 Å². The van der Waals surface area contributed by atoms with Crippen molar-refractivity contribution in [3.63, 3.8) is 0 Å². The Hall–Kier alpha value is -0.0800. The van der Waals surface area contributed by atoms with Crippen molar-refractivity contribution < 1.29 is 5.11 Å². The SMILES string of the molecule is CCCCN(C(C)CC)[C@H]1CCC[C@@H]1O. The molecule has 2 heteroatoms. The maximum absolute atomic E-state index is 9.96. The van der Waals surface area contributed by atoms with Crippen LogP contribution in [-0.2, 0) is 0 Å². The van der Waals surface area contributed by atoms with Crippen molar-refractivity contribution in [1.29, 1.82) is 0 Å². The third kappa shape index (κ3) is 3.46. The zero-order chi connectivity index (χ0) is 11.3. The molecule has 3 atom stereocenters. The van der Waals surface area contributed by atoms with Crippen LogP contribution in [0.4, 0.5) is 0 Å². The average Bonchev–Trinajstić information content (AvgIpc) is 2.65. The van der Waals surface area contributed by atoms with E-state index in [1.807, 2.05) is 0 Å². The highest BCUT2D eigenvalue weighted by atomic mass is 16.3. The molecule has 1 aliphatic rings. The van der Waals surface area contributed by atoms with Crippen LogP contribution in [0.1, 0.15) is 59.3 Å². The maximum atomic E-state index is 9.96. The van der Waals surface area contributed by atoms with Crippen LogP contribution < -0.4 is 0 Å². The first-order valence-corrected chi connectivity index (χ1v) is 6.64. The van der Waals surface area contributed by atoms with Gasteiger partial charge in [0, 0.05) is 12.1 Å². The number of aliphatic hydroxyl groups excluding tert-OH is 1. The standard InChI is InChI=1S/C13H27NO/c1-4-6-10-14(11(3)5-2)12-8-7-9-13(12)15/h11-13,15H,4-10H2,1-3H3/t11?,12-,13-/m0/s1. The van der Waals surface area contributed by atoms with Crippen LogP contribution in [0.2, 0.25) is 0 Å². The van der Waals surface area contributed by atoms with Crippen molar-refractivity contribution in [2.45, 2.75) is 77.5 Å². The van der Waals surface area contributed by atoms with E-state index in [4.69, 9.17) is 0 Å². The van der Waals surface area contributed by atoms with Crippen LogP contribution in [-0.4, -0.2) is 34.7 Å². The second-order valence-corrected chi connectivity index (χ2v) is 4.91. The zero-order valence-corrected chi connectivity index (χ0v) is 10.6. The molecule has 1 N–H and O–H groups in total. The fourth-order valence-electron chi connectivity index (χ4n) is 2.60. The first-order chi connectivity index (χ1) is 7.20. The third-order valence-corrected chi connectivity index (χ3v) is 3.80. The molecule has 0 aromatic rings. The van der Waals surface area contributed by atoms with Crippen LogP contribution in [0.25, 0.3) is 0 Å². The predicted octanol–water partition coefficient (Wildman–Crippen LogP) is 2.80. The minimum atomic E-state index is -0.0733. The van der Waals surface area contributed by atoms with Gasteiger partial charge in [-0.05, 0) is 45.6 Å². The van der Waals surface area contributed by atoms with Gasteiger partial charge in [0.05, 0.1) is 6.10 Å². The van der Waals surface area contributed by atoms with Crippen molar-refractivity contribution in [2.24, 2.45) is 0 Å². The number of hydrogen-bond acceptors (Lipinski definition) is 2. The Morgan fingerprint density at radius 3 is 2.53 bits per heavy atom. The number of rotatable bonds is 6. The molecule has 0 amide bonds. The van der Waals surface area contributed by atoms with Gasteiger partial charge in [0.25, 0.3) is 0 Å². The van der Waals surface area contributed by atoms with Gasteiger partial charge in [-0.15, -0.1) is 0 Å². The largest absolute Gasteiger partial charge is 0.391 e. The summed E-state index contributed by atoms with van der Waals surface area (Å²) in [6, 6.07) is 1.06. The van der Waals surface area contributed by atoms with Gasteiger partial charge < -0.3 is 5.11 Å². The summed E-state index contributed by atoms with van der Waals surface area (Å²) in [5.41, 5.74) is 0. The fourth-order valence-corrected chi connectivity index (χ4v) is 2.60.